The average Bonchev–Trinajstić information content (AvgIpc) is 2.88. The molecule has 0 atom stereocenters. The van der Waals surface area contributed by atoms with Crippen molar-refractivity contribution >= 4 is 44.6 Å². The SMILES string of the molecule is CN(C)CCNc1ccc(NS(=O)(=O)c2ccc(Cl)s2)nn1. The number of thiophene rings is 1. The molecule has 2 heterocycles. The molecular formula is C12H16ClN5O2S2. The molecule has 0 saturated heterocycles. The van der Waals surface area contributed by atoms with Crippen LogP contribution in [0.25, 0.3) is 0 Å². The van der Waals surface area contributed by atoms with Gasteiger partial charge in [0.05, 0.1) is 4.34 Å². The number of nitrogens with zero attached hydrogens (tertiary/aromatic N) is 3. The first kappa shape index (κ1) is 16.9. The zero-order chi connectivity index (χ0) is 16.2. The lowest BCUT2D eigenvalue weighted by atomic mass is 10.5. The van der Waals surface area contributed by atoms with Crippen molar-refractivity contribution < 1.29 is 8.42 Å². The summed E-state index contributed by atoms with van der Waals surface area (Å²) in [7, 11) is 0.270. The Bertz CT molecular complexity index is 715. The molecule has 0 saturated carbocycles. The summed E-state index contributed by atoms with van der Waals surface area (Å²) < 4.78 is 27.1. The average molecular weight is 362 g/mol. The van der Waals surface area contributed by atoms with E-state index in [9.17, 15) is 8.42 Å². The van der Waals surface area contributed by atoms with Crippen molar-refractivity contribution in [2.75, 3.05) is 37.2 Å². The van der Waals surface area contributed by atoms with Crippen LogP contribution in [0.2, 0.25) is 4.34 Å². The third-order valence-corrected chi connectivity index (χ3v) is 5.66. The number of halogens is 1. The van der Waals surface area contributed by atoms with Gasteiger partial charge in [-0.1, -0.05) is 11.6 Å². The van der Waals surface area contributed by atoms with Crippen LogP contribution in [-0.4, -0.2) is 50.7 Å². The van der Waals surface area contributed by atoms with Crippen molar-refractivity contribution in [1.29, 1.82) is 0 Å². The molecule has 0 aliphatic heterocycles. The fourth-order valence-corrected chi connectivity index (χ4v) is 4.00. The highest BCUT2D eigenvalue weighted by Gasteiger charge is 2.17. The Morgan fingerprint density at radius 1 is 1.18 bits per heavy atom. The van der Waals surface area contributed by atoms with Gasteiger partial charge in [-0.2, -0.15) is 0 Å². The zero-order valence-electron chi connectivity index (χ0n) is 12.1. The minimum absolute atomic E-state index is 0.132. The summed E-state index contributed by atoms with van der Waals surface area (Å²) in [6.07, 6.45) is 0. The van der Waals surface area contributed by atoms with Gasteiger partial charge in [0.25, 0.3) is 10.0 Å². The summed E-state index contributed by atoms with van der Waals surface area (Å²) in [5.74, 6) is 0.742. The first-order chi connectivity index (χ1) is 10.4. The van der Waals surface area contributed by atoms with Crippen LogP contribution in [0.15, 0.2) is 28.5 Å². The van der Waals surface area contributed by atoms with Gasteiger partial charge in [-0.3, -0.25) is 4.72 Å². The normalized spacial score (nSPS) is 11.6. The predicted molar refractivity (Wildman–Crippen MR) is 89.2 cm³/mol. The fourth-order valence-electron chi connectivity index (χ4n) is 1.52. The smallest absolute Gasteiger partial charge is 0.272 e. The van der Waals surface area contributed by atoms with Crippen molar-refractivity contribution in [2.45, 2.75) is 4.21 Å². The van der Waals surface area contributed by atoms with E-state index in [1.165, 1.54) is 12.1 Å². The molecule has 2 N–H and O–H groups in total. The summed E-state index contributed by atoms with van der Waals surface area (Å²) >= 11 is 6.73. The van der Waals surface area contributed by atoms with Crippen LogP contribution in [0.4, 0.5) is 11.6 Å². The van der Waals surface area contributed by atoms with Gasteiger partial charge in [0.1, 0.15) is 10.0 Å². The molecule has 0 amide bonds. The van der Waals surface area contributed by atoms with Crippen LogP contribution in [0.3, 0.4) is 0 Å². The van der Waals surface area contributed by atoms with Gasteiger partial charge >= 0.3 is 0 Å². The van der Waals surface area contributed by atoms with Crippen molar-refractivity contribution in [1.82, 2.24) is 15.1 Å². The highest BCUT2D eigenvalue weighted by molar-refractivity contribution is 7.94. The fraction of sp³-hybridized carbons (Fsp3) is 0.333. The maximum atomic E-state index is 12.1. The highest BCUT2D eigenvalue weighted by Crippen LogP contribution is 2.26. The summed E-state index contributed by atoms with van der Waals surface area (Å²) in [5.41, 5.74) is 0. The van der Waals surface area contributed by atoms with Gasteiger partial charge < -0.3 is 10.2 Å². The lowest BCUT2D eigenvalue weighted by Crippen LogP contribution is -2.21. The molecule has 120 valence electrons. The molecule has 0 aliphatic rings. The minimum Gasteiger partial charge on any atom is -0.367 e. The molecule has 2 aromatic heterocycles. The Labute approximate surface area is 138 Å². The zero-order valence-corrected chi connectivity index (χ0v) is 14.5. The maximum absolute atomic E-state index is 12.1. The molecule has 0 aliphatic carbocycles. The molecule has 0 bridgehead atoms. The third-order valence-electron chi connectivity index (χ3n) is 2.58. The van der Waals surface area contributed by atoms with E-state index in [4.69, 9.17) is 11.6 Å². The molecule has 0 fully saturated rings. The third kappa shape index (κ3) is 4.80. The second-order valence-electron chi connectivity index (χ2n) is 4.70. The number of aromatic nitrogens is 2. The number of hydrogen-bond acceptors (Lipinski definition) is 7. The van der Waals surface area contributed by atoms with Crippen molar-refractivity contribution in [2.24, 2.45) is 0 Å². The van der Waals surface area contributed by atoms with Crippen molar-refractivity contribution in [3.05, 3.63) is 28.6 Å². The van der Waals surface area contributed by atoms with Crippen molar-refractivity contribution in [3.63, 3.8) is 0 Å². The Hall–Kier alpha value is -1.42. The summed E-state index contributed by atoms with van der Waals surface area (Å²) in [5, 5.41) is 10.9. The predicted octanol–water partition coefficient (Wildman–Crippen LogP) is 1.97. The summed E-state index contributed by atoms with van der Waals surface area (Å²) in [6.45, 7) is 1.58. The molecule has 0 radical (unpaired) electrons. The monoisotopic (exact) mass is 361 g/mol. The Balaban J connectivity index is 1.99. The first-order valence-corrected chi connectivity index (χ1v) is 9.05. The van der Waals surface area contributed by atoms with E-state index in [2.05, 4.69) is 20.2 Å². The minimum atomic E-state index is -3.68. The van der Waals surface area contributed by atoms with Gasteiger partial charge in [0, 0.05) is 13.1 Å². The molecule has 2 rings (SSSR count). The maximum Gasteiger partial charge on any atom is 0.272 e. The lowest BCUT2D eigenvalue weighted by Gasteiger charge is -2.10. The van der Waals surface area contributed by atoms with E-state index in [-0.39, 0.29) is 10.0 Å². The van der Waals surface area contributed by atoms with Gasteiger partial charge in [0.15, 0.2) is 5.82 Å². The van der Waals surface area contributed by atoms with Gasteiger partial charge in [-0.05, 0) is 38.4 Å². The van der Waals surface area contributed by atoms with Gasteiger partial charge in [-0.15, -0.1) is 21.5 Å². The summed E-state index contributed by atoms with van der Waals surface area (Å²) in [6, 6.07) is 6.20. The molecule has 10 heteroatoms. The quantitative estimate of drug-likeness (QED) is 0.784. The van der Waals surface area contributed by atoms with Crippen LogP contribution in [0.1, 0.15) is 0 Å². The molecule has 2 aromatic rings. The second kappa shape index (κ2) is 7.23. The molecule has 7 nitrogen and oxygen atoms in total. The molecule has 0 unspecified atom stereocenters. The summed E-state index contributed by atoms with van der Waals surface area (Å²) in [4.78, 5) is 2.04. The topological polar surface area (TPSA) is 87.2 Å². The van der Waals surface area contributed by atoms with E-state index in [0.29, 0.717) is 10.2 Å². The Morgan fingerprint density at radius 3 is 2.41 bits per heavy atom. The van der Waals surface area contributed by atoms with Crippen LogP contribution >= 0.6 is 22.9 Å². The van der Waals surface area contributed by atoms with E-state index in [1.54, 1.807) is 12.1 Å². The largest absolute Gasteiger partial charge is 0.367 e. The molecule has 0 spiro atoms. The van der Waals surface area contributed by atoms with Crippen LogP contribution in [-0.2, 0) is 10.0 Å². The van der Waals surface area contributed by atoms with E-state index >= 15 is 0 Å². The Morgan fingerprint density at radius 2 is 1.86 bits per heavy atom. The van der Waals surface area contributed by atoms with E-state index in [0.717, 1.165) is 24.4 Å². The number of anilines is 2. The van der Waals surface area contributed by atoms with Crippen molar-refractivity contribution in [3.8, 4) is 0 Å². The number of sulfonamides is 1. The first-order valence-electron chi connectivity index (χ1n) is 6.37. The van der Waals surface area contributed by atoms with E-state index < -0.39 is 10.0 Å². The van der Waals surface area contributed by atoms with Crippen LogP contribution < -0.4 is 10.0 Å². The number of likely N-dealkylation sites (N-methyl/N-ethyl adjacent to an activating group) is 1. The molecule has 0 aromatic carbocycles. The number of hydrogen-bond donors (Lipinski definition) is 2. The van der Waals surface area contributed by atoms with Gasteiger partial charge in [-0.25, -0.2) is 8.42 Å². The van der Waals surface area contributed by atoms with Gasteiger partial charge in [0.2, 0.25) is 0 Å². The molecular weight excluding hydrogens is 346 g/mol. The standard InChI is InChI=1S/C12H16ClN5O2S2/c1-18(2)8-7-14-10-4-5-11(16-15-10)17-22(19,20)12-6-3-9(13)21-12/h3-6H,7-8H2,1-2H3,(H,14,15)(H,16,17). The second-order valence-corrected chi connectivity index (χ2v) is 8.32. The lowest BCUT2D eigenvalue weighted by molar-refractivity contribution is 0.425. The molecule has 22 heavy (non-hydrogen) atoms. The van der Waals surface area contributed by atoms with Crippen LogP contribution in [0.5, 0.6) is 0 Å². The Kier molecular flexibility index (Phi) is 5.57. The van der Waals surface area contributed by atoms with E-state index in [1.807, 2.05) is 19.0 Å². The van der Waals surface area contributed by atoms with Crippen LogP contribution in [0, 0.1) is 0 Å². The highest BCUT2D eigenvalue weighted by atomic mass is 35.5. The number of rotatable bonds is 7. The number of nitrogens with one attached hydrogen (secondary N) is 2.